The first-order valence-electron chi connectivity index (χ1n) is 4.21. The molecule has 0 aliphatic heterocycles. The number of thiophene rings is 1. The highest BCUT2D eigenvalue weighted by molar-refractivity contribution is 7.15. The lowest BCUT2D eigenvalue weighted by Crippen LogP contribution is -2.34. The molecular formula is C8H8N2O4S. The largest absolute Gasteiger partial charge is 0.480 e. The zero-order valence-electron chi connectivity index (χ0n) is 7.54. The van der Waals surface area contributed by atoms with Crippen LogP contribution in [0.1, 0.15) is 17.2 Å². The molecule has 1 fully saturated rings. The van der Waals surface area contributed by atoms with Gasteiger partial charge in [0.25, 0.3) is 0 Å². The second-order valence-electron chi connectivity index (χ2n) is 3.54. The number of nitrogens with two attached hydrogens (primary N) is 1. The molecule has 7 heteroatoms. The minimum Gasteiger partial charge on any atom is -0.480 e. The third-order valence-electron chi connectivity index (χ3n) is 2.54. The second-order valence-corrected chi connectivity index (χ2v) is 4.63. The second kappa shape index (κ2) is 3.01. The van der Waals surface area contributed by atoms with E-state index in [1.807, 2.05) is 0 Å². The van der Waals surface area contributed by atoms with Crippen LogP contribution in [0.5, 0.6) is 0 Å². The Hall–Kier alpha value is -1.47. The van der Waals surface area contributed by atoms with Gasteiger partial charge < -0.3 is 10.8 Å². The van der Waals surface area contributed by atoms with Crippen LogP contribution in [0.3, 0.4) is 0 Å². The minimum atomic E-state index is -1.22. The summed E-state index contributed by atoms with van der Waals surface area (Å²) in [4.78, 5) is 21.4. The molecule has 0 saturated heterocycles. The number of rotatable bonds is 3. The highest BCUT2D eigenvalue weighted by Crippen LogP contribution is 2.52. The number of nitro groups is 1. The highest BCUT2D eigenvalue weighted by atomic mass is 32.1. The monoisotopic (exact) mass is 228 g/mol. The van der Waals surface area contributed by atoms with E-state index in [9.17, 15) is 14.9 Å². The van der Waals surface area contributed by atoms with Gasteiger partial charge in [-0.15, -0.1) is 0 Å². The molecule has 80 valence electrons. The van der Waals surface area contributed by atoms with E-state index in [1.165, 1.54) is 6.07 Å². The van der Waals surface area contributed by atoms with E-state index < -0.39 is 16.4 Å². The lowest BCUT2D eigenvalue weighted by Gasteiger charge is -2.01. The molecule has 1 aliphatic rings. The molecule has 1 aromatic rings. The number of nitrogens with zero attached hydrogens (tertiary/aromatic N) is 1. The number of hydrogen-bond donors (Lipinski definition) is 2. The summed E-state index contributed by atoms with van der Waals surface area (Å²) >= 11 is 0.989. The Morgan fingerprint density at radius 2 is 2.40 bits per heavy atom. The van der Waals surface area contributed by atoms with Crippen LogP contribution in [0.15, 0.2) is 12.1 Å². The van der Waals surface area contributed by atoms with E-state index >= 15 is 0 Å². The van der Waals surface area contributed by atoms with Crippen LogP contribution in [-0.4, -0.2) is 21.5 Å². The number of hydrogen-bond acceptors (Lipinski definition) is 5. The SMILES string of the molecule is NC1(C(=O)O)CC1c1ccc([N+](=O)[O-])s1. The first-order valence-corrected chi connectivity index (χ1v) is 5.03. The van der Waals surface area contributed by atoms with Crippen LogP contribution in [-0.2, 0) is 4.79 Å². The summed E-state index contributed by atoms with van der Waals surface area (Å²) in [6.45, 7) is 0. The quantitative estimate of drug-likeness (QED) is 0.591. The van der Waals surface area contributed by atoms with Crippen molar-refractivity contribution in [2.24, 2.45) is 5.73 Å². The van der Waals surface area contributed by atoms with Gasteiger partial charge in [0.05, 0.1) is 4.92 Å². The predicted molar refractivity (Wildman–Crippen MR) is 52.9 cm³/mol. The molecule has 2 rings (SSSR count). The molecule has 0 aromatic carbocycles. The van der Waals surface area contributed by atoms with E-state index in [-0.39, 0.29) is 10.9 Å². The number of carboxylic acid groups (broad SMARTS) is 1. The molecule has 0 amide bonds. The standard InChI is InChI=1S/C8H8N2O4S/c9-8(7(11)12)3-4(8)5-1-2-6(15-5)10(13)14/h1-2,4H,3,9H2,(H,11,12). The Morgan fingerprint density at radius 1 is 1.73 bits per heavy atom. The number of aliphatic carboxylic acids is 1. The maximum atomic E-state index is 10.8. The normalized spacial score (nSPS) is 28.7. The number of carbonyl (C=O) groups is 1. The van der Waals surface area contributed by atoms with Crippen LogP contribution >= 0.6 is 11.3 Å². The van der Waals surface area contributed by atoms with Gasteiger partial charge in [0.1, 0.15) is 5.54 Å². The first kappa shape index (κ1) is 10.1. The summed E-state index contributed by atoms with van der Waals surface area (Å²) < 4.78 is 0. The van der Waals surface area contributed by atoms with Gasteiger partial charge in [-0.1, -0.05) is 11.3 Å². The molecule has 6 nitrogen and oxygen atoms in total. The van der Waals surface area contributed by atoms with Crippen molar-refractivity contribution in [3.63, 3.8) is 0 Å². The third-order valence-corrected chi connectivity index (χ3v) is 3.69. The van der Waals surface area contributed by atoms with Gasteiger partial charge in [-0.2, -0.15) is 0 Å². The Morgan fingerprint density at radius 3 is 2.80 bits per heavy atom. The fraction of sp³-hybridized carbons (Fsp3) is 0.375. The fourth-order valence-electron chi connectivity index (χ4n) is 1.50. The van der Waals surface area contributed by atoms with Crippen molar-refractivity contribution in [1.82, 2.24) is 0 Å². The van der Waals surface area contributed by atoms with Crippen LogP contribution in [0, 0.1) is 10.1 Å². The summed E-state index contributed by atoms with van der Waals surface area (Å²) in [5, 5.41) is 19.2. The summed E-state index contributed by atoms with van der Waals surface area (Å²) in [5.74, 6) is -1.34. The van der Waals surface area contributed by atoms with Crippen LogP contribution in [0.4, 0.5) is 5.00 Å². The van der Waals surface area contributed by atoms with E-state index in [4.69, 9.17) is 10.8 Å². The Kier molecular flexibility index (Phi) is 2.02. The smallest absolute Gasteiger partial charge is 0.324 e. The maximum absolute atomic E-state index is 10.8. The zero-order valence-corrected chi connectivity index (χ0v) is 8.36. The lowest BCUT2D eigenvalue weighted by atomic mass is 10.2. The van der Waals surface area contributed by atoms with Gasteiger partial charge in [-0.05, 0) is 12.5 Å². The van der Waals surface area contributed by atoms with Crippen molar-refractivity contribution < 1.29 is 14.8 Å². The molecule has 0 radical (unpaired) electrons. The summed E-state index contributed by atoms with van der Waals surface area (Å²) in [7, 11) is 0. The first-order chi connectivity index (χ1) is 6.95. The zero-order chi connectivity index (χ0) is 11.2. The van der Waals surface area contributed by atoms with Crippen LogP contribution < -0.4 is 5.73 Å². The highest BCUT2D eigenvalue weighted by Gasteiger charge is 2.59. The molecule has 0 spiro atoms. The average Bonchev–Trinajstić information content (AvgIpc) is 2.63. The predicted octanol–water partition coefficient (Wildman–Crippen LogP) is 0.926. The van der Waals surface area contributed by atoms with Crippen molar-refractivity contribution in [3.05, 3.63) is 27.1 Å². The minimum absolute atomic E-state index is 0.0182. The molecular weight excluding hydrogens is 220 g/mol. The summed E-state index contributed by atoms with van der Waals surface area (Å²) in [6, 6.07) is 2.95. The van der Waals surface area contributed by atoms with E-state index in [2.05, 4.69) is 0 Å². The summed E-state index contributed by atoms with van der Waals surface area (Å²) in [5.41, 5.74) is 4.36. The Labute approximate surface area is 88.5 Å². The molecule has 1 aromatic heterocycles. The Bertz CT molecular complexity index is 444. The molecule has 1 aliphatic carbocycles. The average molecular weight is 228 g/mol. The van der Waals surface area contributed by atoms with Gasteiger partial charge in [0.15, 0.2) is 0 Å². The van der Waals surface area contributed by atoms with Gasteiger partial charge >= 0.3 is 11.0 Å². The molecule has 0 bridgehead atoms. The van der Waals surface area contributed by atoms with Crippen molar-refractivity contribution in [2.45, 2.75) is 17.9 Å². The molecule has 1 heterocycles. The van der Waals surface area contributed by atoms with Gasteiger partial charge in [0.2, 0.25) is 0 Å². The molecule has 2 unspecified atom stereocenters. The van der Waals surface area contributed by atoms with Crippen LogP contribution in [0.2, 0.25) is 0 Å². The third kappa shape index (κ3) is 1.49. The Balaban J connectivity index is 2.20. The van der Waals surface area contributed by atoms with E-state index in [0.29, 0.717) is 11.3 Å². The van der Waals surface area contributed by atoms with Gasteiger partial charge in [-0.25, -0.2) is 0 Å². The maximum Gasteiger partial charge on any atom is 0.324 e. The van der Waals surface area contributed by atoms with Crippen molar-refractivity contribution in [1.29, 1.82) is 0 Å². The van der Waals surface area contributed by atoms with Gasteiger partial charge in [-0.3, -0.25) is 14.9 Å². The lowest BCUT2D eigenvalue weighted by molar-refractivity contribution is -0.380. The number of carboxylic acids is 1. The van der Waals surface area contributed by atoms with Gasteiger partial charge in [0, 0.05) is 16.9 Å². The molecule has 1 saturated carbocycles. The summed E-state index contributed by atoms with van der Waals surface area (Å²) in [6.07, 6.45) is 0.347. The van der Waals surface area contributed by atoms with Crippen molar-refractivity contribution in [3.8, 4) is 0 Å². The topological polar surface area (TPSA) is 106 Å². The van der Waals surface area contributed by atoms with E-state index in [0.717, 1.165) is 11.3 Å². The van der Waals surface area contributed by atoms with Crippen LogP contribution in [0.25, 0.3) is 0 Å². The van der Waals surface area contributed by atoms with E-state index in [1.54, 1.807) is 6.07 Å². The van der Waals surface area contributed by atoms with Crippen molar-refractivity contribution >= 4 is 22.3 Å². The molecule has 2 atom stereocenters. The fourth-order valence-corrected chi connectivity index (χ4v) is 2.52. The molecule has 15 heavy (non-hydrogen) atoms. The van der Waals surface area contributed by atoms with Crippen molar-refractivity contribution in [2.75, 3.05) is 0 Å². The molecule has 3 N–H and O–H groups in total.